The van der Waals surface area contributed by atoms with Gasteiger partial charge in [0.1, 0.15) is 16.6 Å². The van der Waals surface area contributed by atoms with E-state index in [0.717, 1.165) is 200 Å². The van der Waals surface area contributed by atoms with Crippen molar-refractivity contribution in [1.29, 1.82) is 0 Å². The largest absolute Gasteiger partial charge is 0.435 e. The van der Waals surface area contributed by atoms with Crippen LogP contribution in [-0.4, -0.2) is 58.6 Å². The first-order valence-electron chi connectivity index (χ1n) is 43.8. The van der Waals surface area contributed by atoms with Gasteiger partial charge in [-0.1, -0.05) is 315 Å². The van der Waals surface area contributed by atoms with Crippen LogP contribution in [0.25, 0.3) is 241 Å². The summed E-state index contributed by atoms with van der Waals surface area (Å²) < 4.78 is 26.1. The number of benzene rings is 17. The molecule has 0 unspecified atom stereocenters. The molecule has 0 aliphatic heterocycles. The third kappa shape index (κ3) is 14.3. The van der Waals surface area contributed by atoms with Gasteiger partial charge in [-0.15, -0.1) is 0 Å². The van der Waals surface area contributed by atoms with Crippen molar-refractivity contribution in [3.63, 3.8) is 0 Å². The molecule has 0 N–H and O–H groups in total. The summed E-state index contributed by atoms with van der Waals surface area (Å²) >= 11 is 0. The summed E-state index contributed by atoms with van der Waals surface area (Å²) in [6.07, 6.45) is 0. The van der Waals surface area contributed by atoms with Crippen molar-refractivity contribution in [2.75, 3.05) is 0 Å². The van der Waals surface area contributed by atoms with Gasteiger partial charge in [-0.05, 0) is 145 Å². The summed E-state index contributed by atoms with van der Waals surface area (Å²) in [5.74, 6) is 4.28. The van der Waals surface area contributed by atoms with Gasteiger partial charge in [-0.3, -0.25) is 4.57 Å². The summed E-state index contributed by atoms with van der Waals surface area (Å²) in [7, 11) is 0. The molecule has 0 saturated carbocycles. The van der Waals surface area contributed by atoms with Gasteiger partial charge < -0.3 is 22.4 Å². The molecular formula is C117H74N12O3. The Morgan fingerprint density at radius 1 is 0.167 bits per heavy atom. The van der Waals surface area contributed by atoms with Gasteiger partial charge in [0, 0.05) is 83.2 Å². The highest BCUT2D eigenvalue weighted by Gasteiger charge is 2.26. The third-order valence-electron chi connectivity index (χ3n) is 24.2. The van der Waals surface area contributed by atoms with E-state index < -0.39 is 0 Å². The Hall–Kier alpha value is -18.2. The fourth-order valence-electron chi connectivity index (χ4n) is 18.0. The minimum atomic E-state index is 0.543. The van der Waals surface area contributed by atoms with Crippen LogP contribution in [0.15, 0.2) is 462 Å². The third-order valence-corrected chi connectivity index (χ3v) is 24.2. The van der Waals surface area contributed by atoms with Crippen LogP contribution in [0.4, 0.5) is 0 Å². The van der Waals surface area contributed by atoms with Gasteiger partial charge in [0.15, 0.2) is 34.2 Å². The first kappa shape index (κ1) is 77.4. The quantitative estimate of drug-likeness (QED) is 0.101. The molecular weight excluding hydrogens is 1620 g/mol. The van der Waals surface area contributed by atoms with Crippen LogP contribution in [0, 0.1) is 0 Å². The van der Waals surface area contributed by atoms with Gasteiger partial charge in [0.25, 0.3) is 0 Å². The van der Waals surface area contributed by atoms with Crippen LogP contribution < -0.4 is 0 Å². The Kier molecular flexibility index (Phi) is 19.5. The lowest BCUT2D eigenvalue weighted by atomic mass is 10.00. The Balaban J connectivity index is 0.000000110. The number of rotatable bonds is 14. The lowest BCUT2D eigenvalue weighted by molar-refractivity contribution is 0.622. The smallest absolute Gasteiger partial charge is 0.238 e. The lowest BCUT2D eigenvalue weighted by Crippen LogP contribution is -2.06. The molecule has 15 nitrogen and oxygen atoms in total. The highest BCUT2D eigenvalue weighted by Crippen LogP contribution is 2.45. The molecule has 0 amide bonds. The van der Waals surface area contributed by atoms with Crippen LogP contribution in [-0.2, 0) is 0 Å². The molecule has 17 aromatic carbocycles. The number of oxazole rings is 3. The van der Waals surface area contributed by atoms with Crippen LogP contribution in [0.2, 0.25) is 0 Å². The van der Waals surface area contributed by atoms with Crippen molar-refractivity contribution in [2.24, 2.45) is 0 Å². The van der Waals surface area contributed by atoms with Crippen LogP contribution in [0.5, 0.6) is 0 Å². The number of aromatic nitrogens is 12. The van der Waals surface area contributed by atoms with Gasteiger partial charge in [-0.25, -0.2) is 34.9 Å². The van der Waals surface area contributed by atoms with Gasteiger partial charge in [0.2, 0.25) is 23.6 Å². The average molecular weight is 1700 g/mol. The Morgan fingerprint density at radius 2 is 0.455 bits per heavy atom. The standard InChI is InChI=1S/C42H27N3O.C41H26N4O.C34H21N5O/c1-4-13-28(14-5-1)32-26-36(29-15-6-2-7-16-29)43-37(27-32)31-19-12-20-33(25-31)45-38-22-11-10-21-34(38)40-39(45)24-23-35-41(40)46-42(44-35)30-17-8-3-9-18-30;1-4-13-27(14-5-1)34-26-35(28-15-6-2-7-16-28)43-40(42-34)30-19-12-20-31(25-30)45-36-22-11-10-21-32(36)38-37(45)24-23-33-39(38)46-41(44-33)29-17-8-3-9-18-29;1-4-12-22(13-5-1)31-36-32(23-14-6-2-7-15-23)38-34(37-31)39-27-19-11-10-18-25(27)29-28(39)21-20-26-30(29)40-33(35-26)24-16-8-3-9-17-24/h1-27H;1-26H;1-21H. The molecule has 9 heterocycles. The number of fused-ring (bicyclic) bond motifs is 15. The number of pyridine rings is 1. The zero-order valence-electron chi connectivity index (χ0n) is 70.8. The average Bonchev–Trinajstić information content (AvgIpc) is 1.54. The monoisotopic (exact) mass is 1690 g/mol. The molecule has 0 fully saturated rings. The Labute approximate surface area is 756 Å². The van der Waals surface area contributed by atoms with Crippen molar-refractivity contribution in [3.8, 4) is 142 Å². The van der Waals surface area contributed by atoms with E-state index in [9.17, 15) is 0 Å². The minimum absolute atomic E-state index is 0.543. The zero-order chi connectivity index (χ0) is 87.4. The second kappa shape index (κ2) is 33.3. The normalized spacial score (nSPS) is 11.5. The van der Waals surface area contributed by atoms with Gasteiger partial charge in [-0.2, -0.15) is 9.97 Å². The maximum absolute atomic E-state index is 6.49. The maximum atomic E-state index is 6.49. The second-order valence-corrected chi connectivity index (χ2v) is 32.3. The van der Waals surface area contributed by atoms with E-state index in [1.54, 1.807) is 0 Å². The molecule has 132 heavy (non-hydrogen) atoms. The predicted octanol–water partition coefficient (Wildman–Crippen LogP) is 29.5. The Bertz CT molecular complexity index is 8280. The maximum Gasteiger partial charge on any atom is 0.238 e. The fraction of sp³-hybridized carbons (Fsp3) is 0. The minimum Gasteiger partial charge on any atom is -0.435 e. The van der Waals surface area contributed by atoms with E-state index in [1.165, 1.54) is 0 Å². The molecule has 9 aromatic heterocycles. The molecule has 0 spiro atoms. The van der Waals surface area contributed by atoms with E-state index in [-0.39, 0.29) is 0 Å². The highest BCUT2D eigenvalue weighted by atomic mass is 16.4. The summed E-state index contributed by atoms with van der Waals surface area (Å²) in [6, 6.07) is 153. The number of hydrogen-bond acceptors (Lipinski definition) is 12. The summed E-state index contributed by atoms with van der Waals surface area (Å²) in [4.78, 5) is 44.7. The summed E-state index contributed by atoms with van der Waals surface area (Å²) in [6.45, 7) is 0. The molecule has 0 radical (unpaired) electrons. The van der Waals surface area contributed by atoms with E-state index in [2.05, 4.69) is 238 Å². The summed E-state index contributed by atoms with van der Waals surface area (Å²) in [5.41, 5.74) is 28.9. The van der Waals surface area contributed by atoms with E-state index >= 15 is 0 Å². The second-order valence-electron chi connectivity index (χ2n) is 32.3. The predicted molar refractivity (Wildman–Crippen MR) is 532 cm³/mol. The topological polar surface area (TPSA) is 170 Å². The summed E-state index contributed by atoms with van der Waals surface area (Å²) in [5, 5.41) is 6.36. The first-order chi connectivity index (χ1) is 65.4. The fourth-order valence-corrected chi connectivity index (χ4v) is 18.0. The molecule has 0 atom stereocenters. The molecule has 26 aromatic rings. The van der Waals surface area contributed by atoms with Crippen molar-refractivity contribution in [3.05, 3.63) is 449 Å². The van der Waals surface area contributed by atoms with E-state index in [1.807, 2.05) is 224 Å². The Morgan fingerprint density at radius 3 is 0.841 bits per heavy atom. The molecule has 15 heteroatoms. The lowest BCUT2D eigenvalue weighted by Gasteiger charge is -2.13. The van der Waals surface area contributed by atoms with Crippen molar-refractivity contribution >= 4 is 98.7 Å². The molecule has 26 rings (SSSR count). The van der Waals surface area contributed by atoms with Crippen molar-refractivity contribution in [2.45, 2.75) is 0 Å². The SMILES string of the molecule is c1ccc(-c2cc(-c3ccccc3)nc(-c3cccc(-n4c5ccccc5c5c6oc(-c7ccccc7)nc6ccc54)c3)c2)cc1.c1ccc(-c2cc(-c3ccccc3)nc(-c3cccc(-n4c5ccccc5c5c6oc(-c7ccccc7)nc6ccc54)c3)n2)cc1.c1ccc(-c2nc(-c3ccccc3)nc(-n3c4ccccc4c4c5oc(-c6ccccc6)nc5ccc43)n2)cc1. The van der Waals surface area contributed by atoms with Crippen molar-refractivity contribution < 1.29 is 13.3 Å². The zero-order valence-corrected chi connectivity index (χ0v) is 70.8. The molecule has 0 aliphatic carbocycles. The van der Waals surface area contributed by atoms with E-state index in [0.29, 0.717) is 41.1 Å². The molecule has 0 aliphatic rings. The molecule has 0 saturated heterocycles. The number of hydrogen-bond donors (Lipinski definition) is 0. The van der Waals surface area contributed by atoms with Crippen LogP contribution >= 0.6 is 0 Å². The number of nitrogens with zero attached hydrogens (tertiary/aromatic N) is 12. The van der Waals surface area contributed by atoms with E-state index in [4.69, 9.17) is 58.1 Å². The van der Waals surface area contributed by atoms with Gasteiger partial charge in [0.05, 0.1) is 72.0 Å². The van der Waals surface area contributed by atoms with Gasteiger partial charge >= 0.3 is 0 Å². The highest BCUT2D eigenvalue weighted by molar-refractivity contribution is 6.22. The molecule has 620 valence electrons. The first-order valence-corrected chi connectivity index (χ1v) is 43.8. The van der Waals surface area contributed by atoms with Crippen molar-refractivity contribution in [1.82, 2.24) is 58.6 Å². The number of para-hydroxylation sites is 3. The van der Waals surface area contributed by atoms with Crippen LogP contribution in [0.3, 0.4) is 0 Å². The molecule has 0 bridgehead atoms. The van der Waals surface area contributed by atoms with Crippen LogP contribution in [0.1, 0.15) is 0 Å².